The Hall–Kier alpha value is -1.80. The lowest BCUT2D eigenvalue weighted by molar-refractivity contribution is 0.422. The van der Waals surface area contributed by atoms with E-state index in [4.69, 9.17) is 10.5 Å². The third kappa shape index (κ3) is 2.13. The summed E-state index contributed by atoms with van der Waals surface area (Å²) in [4.78, 5) is 0. The summed E-state index contributed by atoms with van der Waals surface area (Å²) in [5.74, 6) is 2.12. The Morgan fingerprint density at radius 1 is 1.00 bits per heavy atom. The molecule has 2 aromatic rings. The van der Waals surface area contributed by atoms with Crippen LogP contribution in [0.3, 0.4) is 0 Å². The molecule has 1 atom stereocenters. The van der Waals surface area contributed by atoms with Gasteiger partial charge in [0.2, 0.25) is 0 Å². The maximum Gasteiger partial charge on any atom is 0.131 e. The van der Waals surface area contributed by atoms with Crippen molar-refractivity contribution in [1.82, 2.24) is 0 Å². The number of hydrogen-bond acceptors (Lipinski definition) is 2. The summed E-state index contributed by atoms with van der Waals surface area (Å²) in [7, 11) is 0. The number of para-hydroxylation sites is 2. The Morgan fingerprint density at radius 3 is 2.05 bits per heavy atom. The largest absolute Gasteiger partial charge is 0.457 e. The van der Waals surface area contributed by atoms with E-state index in [-0.39, 0.29) is 12.0 Å². The minimum absolute atomic E-state index is 0.135. The second-order valence-corrected chi connectivity index (χ2v) is 5.11. The number of benzene rings is 2. The van der Waals surface area contributed by atoms with Crippen LogP contribution in [-0.2, 0) is 0 Å². The van der Waals surface area contributed by atoms with Crippen LogP contribution in [0, 0.1) is 0 Å². The molecule has 2 heteroatoms. The zero-order chi connectivity index (χ0) is 13.2. The quantitative estimate of drug-likeness (QED) is 0.895. The highest BCUT2D eigenvalue weighted by molar-refractivity contribution is 5.54. The monoisotopic (exact) mass is 253 g/mol. The van der Waals surface area contributed by atoms with Crippen LogP contribution >= 0.6 is 0 Å². The minimum atomic E-state index is 0.135. The molecular formula is C17H19NO. The third-order valence-corrected chi connectivity index (χ3v) is 3.78. The minimum Gasteiger partial charge on any atom is -0.457 e. The van der Waals surface area contributed by atoms with Gasteiger partial charge < -0.3 is 10.5 Å². The molecule has 19 heavy (non-hydrogen) atoms. The van der Waals surface area contributed by atoms with Gasteiger partial charge in [0.25, 0.3) is 0 Å². The Morgan fingerprint density at radius 2 is 1.53 bits per heavy atom. The van der Waals surface area contributed by atoms with Crippen LogP contribution in [0.15, 0.2) is 48.5 Å². The molecule has 0 spiro atoms. The molecule has 0 aliphatic carbocycles. The Kier molecular flexibility index (Phi) is 3.26. The van der Waals surface area contributed by atoms with Gasteiger partial charge in [-0.25, -0.2) is 0 Å². The van der Waals surface area contributed by atoms with Crippen molar-refractivity contribution < 1.29 is 4.74 Å². The van der Waals surface area contributed by atoms with Crippen LogP contribution in [0.1, 0.15) is 36.8 Å². The van der Waals surface area contributed by atoms with Crippen molar-refractivity contribution in [3.63, 3.8) is 0 Å². The highest BCUT2D eigenvalue weighted by Crippen LogP contribution is 2.45. The summed E-state index contributed by atoms with van der Waals surface area (Å²) in [5.41, 5.74) is 8.85. The van der Waals surface area contributed by atoms with Crippen molar-refractivity contribution >= 4 is 0 Å². The lowest BCUT2D eigenvalue weighted by Crippen LogP contribution is -2.31. The molecule has 0 amide bonds. The Labute approximate surface area is 114 Å². The molecule has 98 valence electrons. The van der Waals surface area contributed by atoms with Gasteiger partial charge in [-0.05, 0) is 18.6 Å². The van der Waals surface area contributed by atoms with Crippen LogP contribution in [0.4, 0.5) is 0 Å². The van der Waals surface area contributed by atoms with Gasteiger partial charge in [-0.1, -0.05) is 49.7 Å². The van der Waals surface area contributed by atoms with Crippen molar-refractivity contribution in [1.29, 1.82) is 0 Å². The van der Waals surface area contributed by atoms with E-state index in [1.54, 1.807) is 0 Å². The average Bonchev–Trinajstić information content (AvgIpc) is 2.44. The number of hydrogen-bond donors (Lipinski definition) is 1. The maximum absolute atomic E-state index is 6.43. The predicted octanol–water partition coefficient (Wildman–Crippen LogP) is 4.05. The second kappa shape index (κ2) is 5.06. The first kappa shape index (κ1) is 12.2. The molecule has 0 fully saturated rings. The first-order valence-electron chi connectivity index (χ1n) is 6.92. The molecule has 0 bridgehead atoms. The van der Waals surface area contributed by atoms with Gasteiger partial charge >= 0.3 is 0 Å². The van der Waals surface area contributed by atoms with Gasteiger partial charge in [0, 0.05) is 23.1 Å². The topological polar surface area (TPSA) is 35.2 Å². The summed E-state index contributed by atoms with van der Waals surface area (Å²) in [6, 6.07) is 16.6. The molecular weight excluding hydrogens is 234 g/mol. The van der Waals surface area contributed by atoms with Crippen LogP contribution in [0.2, 0.25) is 0 Å². The molecule has 0 aromatic heterocycles. The molecule has 3 rings (SSSR count). The highest BCUT2D eigenvalue weighted by atomic mass is 16.5. The third-order valence-electron chi connectivity index (χ3n) is 3.78. The van der Waals surface area contributed by atoms with Crippen molar-refractivity contribution in [2.45, 2.75) is 31.7 Å². The molecule has 0 saturated carbocycles. The summed E-state index contributed by atoms with van der Waals surface area (Å²) in [6.07, 6.45) is 2.12. The molecule has 2 aromatic carbocycles. The highest BCUT2D eigenvalue weighted by Gasteiger charge is 2.30. The number of nitrogens with two attached hydrogens (primary N) is 1. The fraction of sp³-hybridized carbons (Fsp3) is 0.294. The molecule has 0 radical (unpaired) electrons. The van der Waals surface area contributed by atoms with E-state index in [0.717, 1.165) is 24.3 Å². The van der Waals surface area contributed by atoms with Gasteiger partial charge in [-0.15, -0.1) is 0 Å². The van der Waals surface area contributed by atoms with Crippen molar-refractivity contribution in [2.24, 2.45) is 5.73 Å². The van der Waals surface area contributed by atoms with Gasteiger partial charge in [0.05, 0.1) is 0 Å². The van der Waals surface area contributed by atoms with E-state index in [1.807, 2.05) is 24.3 Å². The zero-order valence-electron chi connectivity index (χ0n) is 11.2. The van der Waals surface area contributed by atoms with Crippen LogP contribution in [0.5, 0.6) is 11.5 Å². The average molecular weight is 253 g/mol. The Balaban J connectivity index is 2.11. The van der Waals surface area contributed by atoms with Gasteiger partial charge in [0.1, 0.15) is 11.5 Å². The van der Waals surface area contributed by atoms with Crippen LogP contribution in [0.25, 0.3) is 0 Å². The summed E-state index contributed by atoms with van der Waals surface area (Å²) in [5, 5.41) is 0. The van der Waals surface area contributed by atoms with Crippen LogP contribution < -0.4 is 10.5 Å². The van der Waals surface area contributed by atoms with Gasteiger partial charge in [-0.2, -0.15) is 0 Å². The van der Waals surface area contributed by atoms with Crippen molar-refractivity contribution in [3.8, 4) is 11.5 Å². The SMILES string of the molecule is CCCC(N)C1c2ccccc2Oc2ccccc21. The molecule has 0 saturated heterocycles. The normalized spacial score (nSPS) is 15.3. The fourth-order valence-electron chi connectivity index (χ4n) is 2.91. The van der Waals surface area contributed by atoms with E-state index in [9.17, 15) is 0 Å². The molecule has 2 nitrogen and oxygen atoms in total. The van der Waals surface area contributed by atoms with Gasteiger partial charge in [0.15, 0.2) is 0 Å². The van der Waals surface area contributed by atoms with E-state index in [1.165, 1.54) is 11.1 Å². The van der Waals surface area contributed by atoms with E-state index in [0.29, 0.717) is 0 Å². The second-order valence-electron chi connectivity index (χ2n) is 5.11. The first-order valence-corrected chi connectivity index (χ1v) is 6.92. The summed E-state index contributed by atoms with van der Waals surface area (Å²) >= 11 is 0. The molecule has 1 aliphatic rings. The van der Waals surface area contributed by atoms with Crippen molar-refractivity contribution in [2.75, 3.05) is 0 Å². The summed E-state index contributed by atoms with van der Waals surface area (Å²) in [6.45, 7) is 2.18. The molecule has 1 aliphatic heterocycles. The van der Waals surface area contributed by atoms with Crippen LogP contribution in [-0.4, -0.2) is 6.04 Å². The summed E-state index contributed by atoms with van der Waals surface area (Å²) < 4.78 is 5.98. The molecule has 2 N–H and O–H groups in total. The lowest BCUT2D eigenvalue weighted by Gasteiger charge is -2.32. The number of ether oxygens (including phenoxy) is 1. The van der Waals surface area contributed by atoms with E-state index in [2.05, 4.69) is 31.2 Å². The standard InChI is InChI=1S/C17H19NO/c1-2-7-14(18)17-12-8-3-5-10-15(12)19-16-11-6-4-9-13(16)17/h3-6,8-11,14,17H,2,7,18H2,1H3. The Bertz CT molecular complexity index is 533. The number of rotatable bonds is 3. The molecule has 1 unspecified atom stereocenters. The first-order chi connectivity index (χ1) is 9.31. The van der Waals surface area contributed by atoms with Gasteiger partial charge in [-0.3, -0.25) is 0 Å². The zero-order valence-corrected chi connectivity index (χ0v) is 11.2. The molecule has 1 heterocycles. The lowest BCUT2D eigenvalue weighted by atomic mass is 9.81. The van der Waals surface area contributed by atoms with Crippen molar-refractivity contribution in [3.05, 3.63) is 59.7 Å². The fourth-order valence-corrected chi connectivity index (χ4v) is 2.91. The van der Waals surface area contributed by atoms with E-state index < -0.39 is 0 Å². The van der Waals surface area contributed by atoms with E-state index >= 15 is 0 Å². The number of fused-ring (bicyclic) bond motifs is 2. The predicted molar refractivity (Wildman–Crippen MR) is 77.7 cm³/mol. The smallest absolute Gasteiger partial charge is 0.131 e. The maximum atomic E-state index is 6.43.